The Labute approximate surface area is 151 Å². The molecule has 26 heavy (non-hydrogen) atoms. The number of anilines is 1. The summed E-state index contributed by atoms with van der Waals surface area (Å²) in [6.07, 6.45) is 1.46. The van der Waals surface area contributed by atoms with Gasteiger partial charge in [0.15, 0.2) is 0 Å². The largest absolute Gasteiger partial charge is 0.319 e. The van der Waals surface area contributed by atoms with Crippen molar-refractivity contribution in [1.29, 1.82) is 0 Å². The standard InChI is InChI=1S/C18H20F2N2O3S/c1-3-6-12(2)22-26(24,25)13-9-10-17(16(20)11-13)21-18(23)14-7-4-5-8-15(14)19/h4-5,7-12,22H,3,6H2,1-2H3,(H,21,23)/t12-/m0/s1. The quantitative estimate of drug-likeness (QED) is 0.767. The molecule has 0 bridgehead atoms. The number of sulfonamides is 1. The zero-order chi connectivity index (χ0) is 19.3. The molecular weight excluding hydrogens is 362 g/mol. The summed E-state index contributed by atoms with van der Waals surface area (Å²) in [5, 5.41) is 2.24. The Balaban J connectivity index is 2.19. The van der Waals surface area contributed by atoms with Crippen molar-refractivity contribution >= 4 is 21.6 Å². The van der Waals surface area contributed by atoms with Crippen LogP contribution in [0, 0.1) is 11.6 Å². The molecule has 8 heteroatoms. The van der Waals surface area contributed by atoms with Crippen LogP contribution in [0.1, 0.15) is 37.0 Å². The smallest absolute Gasteiger partial charge is 0.258 e. The average molecular weight is 382 g/mol. The minimum Gasteiger partial charge on any atom is -0.319 e. The third kappa shape index (κ3) is 4.86. The van der Waals surface area contributed by atoms with Gasteiger partial charge < -0.3 is 5.32 Å². The summed E-state index contributed by atoms with van der Waals surface area (Å²) in [7, 11) is -3.87. The molecule has 0 radical (unpaired) electrons. The van der Waals surface area contributed by atoms with E-state index in [1.54, 1.807) is 6.92 Å². The van der Waals surface area contributed by atoms with Crippen molar-refractivity contribution in [3.8, 4) is 0 Å². The fraction of sp³-hybridized carbons (Fsp3) is 0.278. The Morgan fingerprint density at radius 3 is 2.42 bits per heavy atom. The van der Waals surface area contributed by atoms with Crippen LogP contribution >= 0.6 is 0 Å². The zero-order valence-electron chi connectivity index (χ0n) is 14.4. The summed E-state index contributed by atoms with van der Waals surface area (Å²) in [6.45, 7) is 3.65. The van der Waals surface area contributed by atoms with E-state index in [0.29, 0.717) is 6.42 Å². The molecule has 0 aliphatic rings. The first-order chi connectivity index (χ1) is 12.2. The first-order valence-corrected chi connectivity index (χ1v) is 9.60. The van der Waals surface area contributed by atoms with Gasteiger partial charge in [0.2, 0.25) is 10.0 Å². The average Bonchev–Trinajstić information content (AvgIpc) is 2.56. The van der Waals surface area contributed by atoms with Crippen LogP contribution < -0.4 is 10.0 Å². The van der Waals surface area contributed by atoms with Crippen LogP contribution in [0.15, 0.2) is 47.4 Å². The van der Waals surface area contributed by atoms with Crippen LogP contribution in [0.3, 0.4) is 0 Å². The van der Waals surface area contributed by atoms with Gasteiger partial charge in [0.25, 0.3) is 5.91 Å². The highest BCUT2D eigenvalue weighted by Gasteiger charge is 2.20. The zero-order valence-corrected chi connectivity index (χ0v) is 15.2. The maximum Gasteiger partial charge on any atom is 0.258 e. The van der Waals surface area contributed by atoms with Gasteiger partial charge in [-0.3, -0.25) is 4.79 Å². The maximum absolute atomic E-state index is 14.2. The lowest BCUT2D eigenvalue weighted by atomic mass is 10.2. The molecule has 0 saturated heterocycles. The predicted octanol–water partition coefficient (Wildman–Crippen LogP) is 3.68. The first-order valence-electron chi connectivity index (χ1n) is 8.12. The van der Waals surface area contributed by atoms with Gasteiger partial charge in [-0.25, -0.2) is 21.9 Å². The van der Waals surface area contributed by atoms with Crippen molar-refractivity contribution in [1.82, 2.24) is 4.72 Å². The third-order valence-electron chi connectivity index (χ3n) is 3.70. The molecule has 0 unspecified atom stereocenters. The highest BCUT2D eigenvalue weighted by atomic mass is 32.2. The summed E-state index contributed by atoms with van der Waals surface area (Å²) in [6, 6.07) is 8.14. The molecule has 2 aromatic carbocycles. The SMILES string of the molecule is CCC[C@H](C)NS(=O)(=O)c1ccc(NC(=O)c2ccccc2F)c(F)c1. The van der Waals surface area contributed by atoms with Crippen LogP contribution in [0.25, 0.3) is 0 Å². The molecule has 2 rings (SSSR count). The normalized spacial score (nSPS) is 12.6. The van der Waals surface area contributed by atoms with Crippen molar-refractivity contribution in [2.24, 2.45) is 0 Å². The van der Waals surface area contributed by atoms with Crippen LogP contribution in [-0.4, -0.2) is 20.4 Å². The van der Waals surface area contributed by atoms with Crippen LogP contribution in [0.2, 0.25) is 0 Å². The number of amides is 1. The highest BCUT2D eigenvalue weighted by Crippen LogP contribution is 2.20. The van der Waals surface area contributed by atoms with Gasteiger partial charge in [0, 0.05) is 6.04 Å². The number of rotatable bonds is 7. The summed E-state index contributed by atoms with van der Waals surface area (Å²) < 4.78 is 54.8. The fourth-order valence-corrected chi connectivity index (χ4v) is 3.71. The Kier molecular flexibility index (Phi) is 6.44. The van der Waals surface area contributed by atoms with Crippen molar-refractivity contribution in [2.75, 3.05) is 5.32 Å². The van der Waals surface area contributed by atoms with Gasteiger partial charge in [-0.05, 0) is 43.7 Å². The number of halogens is 2. The first kappa shape index (κ1) is 20.0. The maximum atomic E-state index is 14.2. The molecule has 0 saturated carbocycles. The fourth-order valence-electron chi connectivity index (χ4n) is 2.42. The summed E-state index contributed by atoms with van der Waals surface area (Å²) in [5.74, 6) is -2.49. The second-order valence-corrected chi connectivity index (χ2v) is 7.60. The minimum absolute atomic E-state index is 0.237. The Bertz CT molecular complexity index is 901. The Morgan fingerprint density at radius 1 is 1.12 bits per heavy atom. The number of hydrogen-bond donors (Lipinski definition) is 2. The molecule has 140 valence electrons. The Hall–Kier alpha value is -2.32. The van der Waals surface area contributed by atoms with E-state index in [2.05, 4.69) is 10.0 Å². The van der Waals surface area contributed by atoms with E-state index in [-0.39, 0.29) is 22.2 Å². The number of benzene rings is 2. The second kappa shape index (κ2) is 8.37. The minimum atomic E-state index is -3.87. The van der Waals surface area contributed by atoms with E-state index in [1.165, 1.54) is 24.3 Å². The molecular formula is C18H20F2N2O3S. The van der Waals surface area contributed by atoms with Gasteiger partial charge in [-0.15, -0.1) is 0 Å². The lowest BCUT2D eigenvalue weighted by molar-refractivity contribution is 0.102. The van der Waals surface area contributed by atoms with Crippen molar-refractivity contribution in [3.05, 3.63) is 59.7 Å². The number of carbonyl (C=O) groups excluding carboxylic acids is 1. The monoisotopic (exact) mass is 382 g/mol. The number of nitrogens with one attached hydrogen (secondary N) is 2. The number of hydrogen-bond acceptors (Lipinski definition) is 3. The predicted molar refractivity (Wildman–Crippen MR) is 95.4 cm³/mol. The topological polar surface area (TPSA) is 75.3 Å². The molecule has 5 nitrogen and oxygen atoms in total. The molecule has 2 aromatic rings. The summed E-state index contributed by atoms with van der Waals surface area (Å²) in [4.78, 5) is 11.8. The summed E-state index contributed by atoms with van der Waals surface area (Å²) in [5.41, 5.74) is -0.475. The molecule has 0 spiro atoms. The van der Waals surface area contributed by atoms with E-state index in [4.69, 9.17) is 0 Å². The molecule has 2 N–H and O–H groups in total. The molecule has 0 fully saturated rings. The van der Waals surface area contributed by atoms with Gasteiger partial charge >= 0.3 is 0 Å². The van der Waals surface area contributed by atoms with E-state index < -0.39 is 27.6 Å². The highest BCUT2D eigenvalue weighted by molar-refractivity contribution is 7.89. The van der Waals surface area contributed by atoms with Crippen LogP contribution in [-0.2, 0) is 10.0 Å². The molecule has 0 aliphatic carbocycles. The Morgan fingerprint density at radius 2 is 1.81 bits per heavy atom. The lowest BCUT2D eigenvalue weighted by Crippen LogP contribution is -2.32. The summed E-state index contributed by atoms with van der Waals surface area (Å²) >= 11 is 0. The number of carbonyl (C=O) groups is 1. The molecule has 1 amide bonds. The van der Waals surface area contributed by atoms with Gasteiger partial charge in [-0.1, -0.05) is 25.5 Å². The molecule has 0 aromatic heterocycles. The second-order valence-electron chi connectivity index (χ2n) is 5.89. The van der Waals surface area contributed by atoms with E-state index in [0.717, 1.165) is 24.6 Å². The van der Waals surface area contributed by atoms with E-state index in [1.807, 2.05) is 6.92 Å². The molecule has 0 heterocycles. The van der Waals surface area contributed by atoms with Crippen molar-refractivity contribution < 1.29 is 22.0 Å². The lowest BCUT2D eigenvalue weighted by Gasteiger charge is -2.14. The van der Waals surface area contributed by atoms with Crippen LogP contribution in [0.5, 0.6) is 0 Å². The van der Waals surface area contributed by atoms with Crippen molar-refractivity contribution in [2.45, 2.75) is 37.6 Å². The third-order valence-corrected chi connectivity index (χ3v) is 5.28. The van der Waals surface area contributed by atoms with Crippen molar-refractivity contribution in [3.63, 3.8) is 0 Å². The van der Waals surface area contributed by atoms with E-state index >= 15 is 0 Å². The van der Waals surface area contributed by atoms with Crippen LogP contribution in [0.4, 0.5) is 14.5 Å². The van der Waals surface area contributed by atoms with Gasteiger partial charge in [-0.2, -0.15) is 0 Å². The van der Waals surface area contributed by atoms with Gasteiger partial charge in [0.05, 0.1) is 16.1 Å². The molecule has 0 aliphatic heterocycles. The van der Waals surface area contributed by atoms with Gasteiger partial charge in [0.1, 0.15) is 11.6 Å². The molecule has 1 atom stereocenters. The van der Waals surface area contributed by atoms with E-state index in [9.17, 15) is 22.0 Å².